The highest BCUT2D eigenvalue weighted by Crippen LogP contribution is 2.65. The third kappa shape index (κ3) is 1.05. The van der Waals surface area contributed by atoms with Crippen molar-refractivity contribution in [3.05, 3.63) is 0 Å². The van der Waals surface area contributed by atoms with Crippen LogP contribution in [0.15, 0.2) is 0 Å². The quantitative estimate of drug-likeness (QED) is 0.731. The predicted octanol–water partition coefficient (Wildman–Crippen LogP) is 2.53. The molecule has 4 fully saturated rings. The first kappa shape index (κ1) is 9.55. The number of hydrogen-bond donors (Lipinski definition) is 1. The van der Waals surface area contributed by atoms with Crippen LogP contribution in [0.2, 0.25) is 0 Å². The first-order valence-corrected chi connectivity index (χ1v) is 5.55. The van der Waals surface area contributed by atoms with Crippen molar-refractivity contribution in [3.8, 4) is 0 Å². The lowest BCUT2D eigenvalue weighted by Crippen LogP contribution is -2.59. The SMILES string of the molecule is O=C(O)C12CC3C[C@@H](C1)C(F)(F)[C@@H](C3)C2. The Labute approximate surface area is 86.7 Å². The second-order valence-corrected chi connectivity index (χ2v) is 5.60. The van der Waals surface area contributed by atoms with E-state index in [4.69, 9.17) is 0 Å². The van der Waals surface area contributed by atoms with Crippen molar-refractivity contribution in [2.75, 3.05) is 0 Å². The third-order valence-electron chi connectivity index (χ3n) is 4.73. The maximum atomic E-state index is 13.7. The zero-order valence-electron chi connectivity index (χ0n) is 8.38. The van der Waals surface area contributed by atoms with E-state index < -0.39 is 29.1 Å². The van der Waals surface area contributed by atoms with Crippen LogP contribution in [-0.2, 0) is 4.79 Å². The number of carbonyl (C=O) groups is 1. The van der Waals surface area contributed by atoms with Crippen molar-refractivity contribution in [1.82, 2.24) is 0 Å². The molecule has 0 heterocycles. The average molecular weight is 216 g/mol. The fourth-order valence-corrected chi connectivity index (χ4v) is 4.16. The molecular weight excluding hydrogens is 202 g/mol. The minimum absolute atomic E-state index is 0.197. The molecule has 0 radical (unpaired) electrons. The predicted molar refractivity (Wildman–Crippen MR) is 48.6 cm³/mol. The van der Waals surface area contributed by atoms with Crippen LogP contribution in [0.3, 0.4) is 0 Å². The molecule has 15 heavy (non-hydrogen) atoms. The van der Waals surface area contributed by atoms with Gasteiger partial charge in [-0.1, -0.05) is 0 Å². The summed E-state index contributed by atoms with van der Waals surface area (Å²) in [6.45, 7) is 0. The van der Waals surface area contributed by atoms with Gasteiger partial charge in [0, 0.05) is 11.8 Å². The molecule has 0 unspecified atom stereocenters. The summed E-state index contributed by atoms with van der Waals surface area (Å²) in [6, 6.07) is 0. The Kier molecular flexibility index (Phi) is 1.61. The molecule has 0 amide bonds. The van der Waals surface area contributed by atoms with E-state index in [1.807, 2.05) is 0 Å². The fraction of sp³-hybridized carbons (Fsp3) is 0.909. The van der Waals surface area contributed by atoms with Gasteiger partial charge in [0.25, 0.3) is 5.92 Å². The molecule has 0 aromatic carbocycles. The van der Waals surface area contributed by atoms with Gasteiger partial charge < -0.3 is 5.11 Å². The van der Waals surface area contributed by atoms with Crippen LogP contribution in [-0.4, -0.2) is 17.0 Å². The van der Waals surface area contributed by atoms with E-state index in [9.17, 15) is 18.7 Å². The Morgan fingerprint density at radius 3 is 2.13 bits per heavy atom. The summed E-state index contributed by atoms with van der Waals surface area (Å²) >= 11 is 0. The second-order valence-electron chi connectivity index (χ2n) is 5.60. The molecule has 4 bridgehead atoms. The molecule has 0 saturated heterocycles. The Balaban J connectivity index is 2.00. The van der Waals surface area contributed by atoms with Crippen LogP contribution >= 0.6 is 0 Å². The topological polar surface area (TPSA) is 37.3 Å². The summed E-state index contributed by atoms with van der Waals surface area (Å²) in [4.78, 5) is 11.2. The number of rotatable bonds is 1. The number of carboxylic acid groups (broad SMARTS) is 1. The minimum Gasteiger partial charge on any atom is -0.481 e. The van der Waals surface area contributed by atoms with Crippen molar-refractivity contribution in [2.24, 2.45) is 23.2 Å². The standard InChI is InChI=1S/C11H14F2O2/c12-11(13)7-1-6-2-8(11)5-10(3-6,4-7)9(14)15/h6-8H,1-5H2,(H,14,15)/t6?,7-,8-,10?/m0/s1. The first-order chi connectivity index (χ1) is 6.94. The molecule has 84 valence electrons. The van der Waals surface area contributed by atoms with Crippen LogP contribution in [0.4, 0.5) is 8.78 Å². The van der Waals surface area contributed by atoms with Crippen molar-refractivity contribution in [2.45, 2.75) is 38.0 Å². The summed E-state index contributed by atoms with van der Waals surface area (Å²) in [5, 5.41) is 9.20. The highest BCUT2D eigenvalue weighted by Gasteiger charge is 2.66. The third-order valence-corrected chi connectivity index (χ3v) is 4.73. The summed E-state index contributed by atoms with van der Waals surface area (Å²) in [5.41, 5.74) is -0.807. The van der Waals surface area contributed by atoms with Gasteiger partial charge in [0.05, 0.1) is 5.41 Å². The van der Waals surface area contributed by atoms with E-state index in [1.54, 1.807) is 0 Å². The van der Waals surface area contributed by atoms with Crippen molar-refractivity contribution in [1.29, 1.82) is 0 Å². The van der Waals surface area contributed by atoms with Gasteiger partial charge in [0.2, 0.25) is 0 Å². The zero-order valence-corrected chi connectivity index (χ0v) is 8.38. The van der Waals surface area contributed by atoms with E-state index in [-0.39, 0.29) is 18.8 Å². The Morgan fingerprint density at radius 1 is 1.13 bits per heavy atom. The number of aliphatic carboxylic acids is 1. The van der Waals surface area contributed by atoms with Gasteiger partial charge >= 0.3 is 5.97 Å². The zero-order chi connectivity index (χ0) is 10.8. The van der Waals surface area contributed by atoms with Crippen LogP contribution in [0, 0.1) is 23.2 Å². The lowest BCUT2D eigenvalue weighted by atomic mass is 9.48. The molecular formula is C11H14F2O2. The lowest BCUT2D eigenvalue weighted by Gasteiger charge is -2.57. The van der Waals surface area contributed by atoms with Gasteiger partial charge in [0.1, 0.15) is 0 Å². The highest BCUT2D eigenvalue weighted by molar-refractivity contribution is 5.75. The number of carboxylic acids is 1. The maximum absolute atomic E-state index is 13.7. The van der Waals surface area contributed by atoms with Crippen LogP contribution in [0.5, 0.6) is 0 Å². The van der Waals surface area contributed by atoms with Crippen molar-refractivity contribution < 1.29 is 18.7 Å². The van der Waals surface area contributed by atoms with E-state index >= 15 is 0 Å². The average Bonchev–Trinajstić information content (AvgIpc) is 2.13. The van der Waals surface area contributed by atoms with Gasteiger partial charge in [-0.05, 0) is 38.0 Å². The van der Waals surface area contributed by atoms with E-state index in [1.165, 1.54) is 0 Å². The molecule has 1 N–H and O–H groups in total. The number of hydrogen-bond acceptors (Lipinski definition) is 1. The largest absolute Gasteiger partial charge is 0.481 e. The first-order valence-electron chi connectivity index (χ1n) is 5.55. The summed E-state index contributed by atoms with van der Waals surface area (Å²) in [5.74, 6) is -4.55. The maximum Gasteiger partial charge on any atom is 0.309 e. The van der Waals surface area contributed by atoms with Gasteiger partial charge in [-0.25, -0.2) is 8.78 Å². The molecule has 0 aliphatic heterocycles. The summed E-state index contributed by atoms with van der Waals surface area (Å²) in [7, 11) is 0. The van der Waals surface area contributed by atoms with Crippen molar-refractivity contribution in [3.63, 3.8) is 0 Å². The highest BCUT2D eigenvalue weighted by atomic mass is 19.3. The van der Waals surface area contributed by atoms with Gasteiger partial charge in [0.15, 0.2) is 0 Å². The molecule has 4 aliphatic rings. The van der Waals surface area contributed by atoms with Crippen LogP contribution in [0.25, 0.3) is 0 Å². The molecule has 4 aliphatic carbocycles. The van der Waals surface area contributed by atoms with Crippen LogP contribution in [0.1, 0.15) is 32.1 Å². The summed E-state index contributed by atoms with van der Waals surface area (Å²) in [6.07, 6.45) is 2.10. The van der Waals surface area contributed by atoms with E-state index in [0.29, 0.717) is 19.3 Å². The molecule has 0 spiro atoms. The molecule has 4 rings (SSSR count). The van der Waals surface area contributed by atoms with E-state index in [2.05, 4.69) is 0 Å². The minimum atomic E-state index is -2.60. The van der Waals surface area contributed by atoms with Gasteiger partial charge in [-0.15, -0.1) is 0 Å². The number of alkyl halides is 2. The molecule has 0 aromatic rings. The molecule has 4 saturated carbocycles. The smallest absolute Gasteiger partial charge is 0.309 e. The van der Waals surface area contributed by atoms with Gasteiger partial charge in [-0.3, -0.25) is 4.79 Å². The monoisotopic (exact) mass is 216 g/mol. The fourth-order valence-electron chi connectivity index (χ4n) is 4.16. The molecule has 2 atom stereocenters. The van der Waals surface area contributed by atoms with Crippen LogP contribution < -0.4 is 0 Å². The Bertz CT molecular complexity index is 309. The molecule has 2 nitrogen and oxygen atoms in total. The Morgan fingerprint density at radius 2 is 1.67 bits per heavy atom. The molecule has 4 heteroatoms. The Hall–Kier alpha value is -0.670. The lowest BCUT2D eigenvalue weighted by molar-refractivity contribution is -0.230. The summed E-state index contributed by atoms with van der Waals surface area (Å²) < 4.78 is 27.5. The molecule has 0 aromatic heterocycles. The van der Waals surface area contributed by atoms with Gasteiger partial charge in [-0.2, -0.15) is 0 Å². The van der Waals surface area contributed by atoms with Crippen molar-refractivity contribution >= 4 is 5.97 Å². The number of halogens is 2. The normalized spacial score (nSPS) is 50.7. The second kappa shape index (κ2) is 2.53. The van der Waals surface area contributed by atoms with E-state index in [0.717, 1.165) is 0 Å².